The molecule has 0 fully saturated rings. The number of hydrogen-bond donors (Lipinski definition) is 0. The normalized spacial score (nSPS) is 10.2. The van der Waals surface area contributed by atoms with E-state index in [1.807, 2.05) is 6.92 Å². The van der Waals surface area contributed by atoms with Crippen molar-refractivity contribution < 1.29 is 18.3 Å². The van der Waals surface area contributed by atoms with Crippen molar-refractivity contribution in [3.05, 3.63) is 29.8 Å². The van der Waals surface area contributed by atoms with Crippen molar-refractivity contribution in [1.82, 2.24) is 4.90 Å². The van der Waals surface area contributed by atoms with Crippen LogP contribution in [0.4, 0.5) is 8.78 Å². The van der Waals surface area contributed by atoms with Gasteiger partial charge in [-0.05, 0) is 18.6 Å². The Hall–Kier alpha value is -1.65. The zero-order valence-electron chi connectivity index (χ0n) is 10.6. The second kappa shape index (κ2) is 6.93. The third kappa shape index (κ3) is 4.31. The minimum atomic E-state index is -0.806. The summed E-state index contributed by atoms with van der Waals surface area (Å²) in [5.41, 5.74) is 0. The minimum absolute atomic E-state index is 0.117. The van der Waals surface area contributed by atoms with E-state index in [1.165, 1.54) is 11.0 Å². The van der Waals surface area contributed by atoms with E-state index in [0.717, 1.165) is 25.0 Å². The Labute approximate surface area is 105 Å². The molecule has 0 saturated carbocycles. The Bertz CT molecular complexity index is 410. The molecule has 100 valence electrons. The highest BCUT2D eigenvalue weighted by atomic mass is 19.1. The number of hydrogen-bond acceptors (Lipinski definition) is 2. The molecule has 3 nitrogen and oxygen atoms in total. The zero-order chi connectivity index (χ0) is 13.5. The van der Waals surface area contributed by atoms with Crippen molar-refractivity contribution in [3.8, 4) is 5.75 Å². The van der Waals surface area contributed by atoms with Gasteiger partial charge in [-0.2, -0.15) is 0 Å². The SMILES string of the molecule is CCCCN(C)C(=O)COc1ccc(F)cc1F. The lowest BCUT2D eigenvalue weighted by Gasteiger charge is -2.17. The van der Waals surface area contributed by atoms with E-state index >= 15 is 0 Å². The average Bonchev–Trinajstić information content (AvgIpc) is 2.34. The molecule has 1 aromatic rings. The molecular formula is C13H17F2NO2. The van der Waals surface area contributed by atoms with Gasteiger partial charge in [0.1, 0.15) is 5.82 Å². The second-order valence-electron chi connectivity index (χ2n) is 4.03. The lowest BCUT2D eigenvalue weighted by molar-refractivity contribution is -0.132. The first-order valence-electron chi connectivity index (χ1n) is 5.86. The molecule has 1 aromatic carbocycles. The third-order valence-electron chi connectivity index (χ3n) is 2.52. The van der Waals surface area contributed by atoms with Crippen LogP contribution in [-0.4, -0.2) is 31.0 Å². The molecule has 0 N–H and O–H groups in total. The average molecular weight is 257 g/mol. The fourth-order valence-electron chi connectivity index (χ4n) is 1.36. The zero-order valence-corrected chi connectivity index (χ0v) is 10.6. The van der Waals surface area contributed by atoms with E-state index < -0.39 is 11.6 Å². The molecule has 0 radical (unpaired) electrons. The first kappa shape index (κ1) is 14.4. The first-order chi connectivity index (χ1) is 8.54. The lowest BCUT2D eigenvalue weighted by Crippen LogP contribution is -2.32. The number of benzene rings is 1. The van der Waals surface area contributed by atoms with Crippen LogP contribution in [0.1, 0.15) is 19.8 Å². The van der Waals surface area contributed by atoms with E-state index in [9.17, 15) is 13.6 Å². The Kier molecular flexibility index (Phi) is 5.55. The number of nitrogens with zero attached hydrogens (tertiary/aromatic N) is 1. The van der Waals surface area contributed by atoms with Gasteiger partial charge in [0, 0.05) is 19.7 Å². The number of likely N-dealkylation sites (N-methyl/N-ethyl adjacent to an activating group) is 1. The van der Waals surface area contributed by atoms with Crippen molar-refractivity contribution in [2.24, 2.45) is 0 Å². The quantitative estimate of drug-likeness (QED) is 0.784. The first-order valence-corrected chi connectivity index (χ1v) is 5.86. The van der Waals surface area contributed by atoms with Crippen LogP contribution in [0.3, 0.4) is 0 Å². The Morgan fingerprint density at radius 1 is 1.39 bits per heavy atom. The summed E-state index contributed by atoms with van der Waals surface area (Å²) in [7, 11) is 1.67. The summed E-state index contributed by atoms with van der Waals surface area (Å²) in [5.74, 6) is -1.83. The third-order valence-corrected chi connectivity index (χ3v) is 2.52. The highest BCUT2D eigenvalue weighted by Gasteiger charge is 2.11. The summed E-state index contributed by atoms with van der Waals surface area (Å²) in [6.07, 6.45) is 1.90. The standard InChI is InChI=1S/C13H17F2NO2/c1-3-4-7-16(2)13(17)9-18-12-6-5-10(14)8-11(12)15/h5-6,8H,3-4,7,9H2,1-2H3. The van der Waals surface area contributed by atoms with Crippen LogP contribution in [0.5, 0.6) is 5.75 Å². The molecule has 0 saturated heterocycles. The van der Waals surface area contributed by atoms with E-state index in [4.69, 9.17) is 4.74 Å². The van der Waals surface area contributed by atoms with Crippen LogP contribution < -0.4 is 4.74 Å². The Morgan fingerprint density at radius 2 is 2.11 bits per heavy atom. The number of carbonyl (C=O) groups is 1. The fraction of sp³-hybridized carbons (Fsp3) is 0.462. The summed E-state index contributed by atoms with van der Waals surface area (Å²) in [6.45, 7) is 2.43. The van der Waals surface area contributed by atoms with E-state index in [0.29, 0.717) is 6.54 Å². The summed E-state index contributed by atoms with van der Waals surface area (Å²) < 4.78 is 30.9. The van der Waals surface area contributed by atoms with Gasteiger partial charge in [-0.3, -0.25) is 4.79 Å². The molecule has 0 aliphatic heterocycles. The molecule has 0 spiro atoms. The van der Waals surface area contributed by atoms with Crippen LogP contribution in [-0.2, 0) is 4.79 Å². The number of unbranched alkanes of at least 4 members (excludes halogenated alkanes) is 1. The van der Waals surface area contributed by atoms with Crippen molar-refractivity contribution in [2.45, 2.75) is 19.8 Å². The van der Waals surface area contributed by atoms with Gasteiger partial charge >= 0.3 is 0 Å². The molecule has 1 amide bonds. The lowest BCUT2D eigenvalue weighted by atomic mass is 10.3. The van der Waals surface area contributed by atoms with Crippen LogP contribution in [0.15, 0.2) is 18.2 Å². The van der Waals surface area contributed by atoms with Crippen molar-refractivity contribution in [1.29, 1.82) is 0 Å². The van der Waals surface area contributed by atoms with Gasteiger partial charge in [-0.15, -0.1) is 0 Å². The molecule has 0 aromatic heterocycles. The summed E-state index contributed by atoms with van der Waals surface area (Å²) >= 11 is 0. The van der Waals surface area contributed by atoms with Gasteiger partial charge in [0.25, 0.3) is 5.91 Å². The number of carbonyl (C=O) groups excluding carboxylic acids is 1. The van der Waals surface area contributed by atoms with Gasteiger partial charge < -0.3 is 9.64 Å². The topological polar surface area (TPSA) is 29.5 Å². The van der Waals surface area contributed by atoms with Crippen molar-refractivity contribution >= 4 is 5.91 Å². The maximum absolute atomic E-state index is 13.2. The maximum Gasteiger partial charge on any atom is 0.260 e. The summed E-state index contributed by atoms with van der Waals surface area (Å²) in [6, 6.07) is 2.98. The molecule has 0 bridgehead atoms. The smallest absolute Gasteiger partial charge is 0.260 e. The van der Waals surface area contributed by atoms with Gasteiger partial charge in [-0.1, -0.05) is 13.3 Å². The van der Waals surface area contributed by atoms with E-state index in [1.54, 1.807) is 7.05 Å². The minimum Gasteiger partial charge on any atom is -0.481 e. The number of rotatable bonds is 6. The Morgan fingerprint density at radius 3 is 2.72 bits per heavy atom. The van der Waals surface area contributed by atoms with Gasteiger partial charge in [-0.25, -0.2) is 8.78 Å². The highest BCUT2D eigenvalue weighted by molar-refractivity contribution is 5.77. The number of amides is 1. The van der Waals surface area contributed by atoms with Crippen LogP contribution in [0.25, 0.3) is 0 Å². The molecule has 0 atom stereocenters. The number of halogens is 2. The van der Waals surface area contributed by atoms with E-state index in [2.05, 4.69) is 0 Å². The Balaban J connectivity index is 2.47. The molecular weight excluding hydrogens is 240 g/mol. The van der Waals surface area contributed by atoms with Crippen molar-refractivity contribution in [2.75, 3.05) is 20.2 Å². The maximum atomic E-state index is 13.2. The van der Waals surface area contributed by atoms with Crippen LogP contribution in [0, 0.1) is 11.6 Å². The molecule has 1 rings (SSSR count). The molecule has 5 heteroatoms. The fourth-order valence-corrected chi connectivity index (χ4v) is 1.36. The van der Waals surface area contributed by atoms with Gasteiger partial charge in [0.05, 0.1) is 0 Å². The van der Waals surface area contributed by atoms with Crippen LogP contribution >= 0.6 is 0 Å². The largest absolute Gasteiger partial charge is 0.481 e. The molecule has 0 aliphatic rings. The van der Waals surface area contributed by atoms with E-state index in [-0.39, 0.29) is 18.3 Å². The number of ether oxygens (including phenoxy) is 1. The molecule has 0 aliphatic carbocycles. The van der Waals surface area contributed by atoms with Gasteiger partial charge in [0.2, 0.25) is 0 Å². The second-order valence-corrected chi connectivity index (χ2v) is 4.03. The predicted molar refractivity (Wildman–Crippen MR) is 64.4 cm³/mol. The molecule has 18 heavy (non-hydrogen) atoms. The molecule has 0 heterocycles. The summed E-state index contributed by atoms with van der Waals surface area (Å²) in [5, 5.41) is 0. The summed E-state index contributed by atoms with van der Waals surface area (Å²) in [4.78, 5) is 13.1. The van der Waals surface area contributed by atoms with Crippen molar-refractivity contribution in [3.63, 3.8) is 0 Å². The van der Waals surface area contributed by atoms with Gasteiger partial charge in [0.15, 0.2) is 18.2 Å². The van der Waals surface area contributed by atoms with Crippen LogP contribution in [0.2, 0.25) is 0 Å². The molecule has 0 unspecified atom stereocenters. The predicted octanol–water partition coefficient (Wildman–Crippen LogP) is 2.60. The monoisotopic (exact) mass is 257 g/mol. The highest BCUT2D eigenvalue weighted by Crippen LogP contribution is 2.17.